The molecule has 1 aromatic rings. The van der Waals surface area contributed by atoms with Crippen LogP contribution in [0, 0.1) is 0 Å². The van der Waals surface area contributed by atoms with Crippen LogP contribution < -0.4 is 10.1 Å². The molecule has 1 N–H and O–H groups in total. The van der Waals surface area contributed by atoms with Gasteiger partial charge in [-0.2, -0.15) is 0 Å². The number of carbonyl (C=O) groups is 1. The SMILES string of the molecule is C[C@@H](NC(=O)COc1ccc2c(c1)CCC2)[C@H]1CCCO1. The van der Waals surface area contributed by atoms with Crippen molar-refractivity contribution in [1.82, 2.24) is 5.32 Å². The van der Waals surface area contributed by atoms with Crippen LogP contribution in [0.25, 0.3) is 0 Å². The van der Waals surface area contributed by atoms with Gasteiger partial charge in [0.2, 0.25) is 0 Å². The molecule has 1 fully saturated rings. The number of hydrogen-bond donors (Lipinski definition) is 1. The molecule has 1 heterocycles. The van der Waals surface area contributed by atoms with E-state index in [1.54, 1.807) is 0 Å². The van der Waals surface area contributed by atoms with Gasteiger partial charge in [-0.15, -0.1) is 0 Å². The zero-order chi connectivity index (χ0) is 14.7. The van der Waals surface area contributed by atoms with Crippen molar-refractivity contribution in [2.45, 2.75) is 51.2 Å². The molecule has 4 heteroatoms. The molecule has 4 nitrogen and oxygen atoms in total. The van der Waals surface area contributed by atoms with E-state index in [-0.39, 0.29) is 24.7 Å². The van der Waals surface area contributed by atoms with Gasteiger partial charge in [-0.05, 0) is 62.3 Å². The lowest BCUT2D eigenvalue weighted by molar-refractivity contribution is -0.124. The second-order valence-electron chi connectivity index (χ2n) is 5.98. The predicted molar refractivity (Wildman–Crippen MR) is 80.5 cm³/mol. The highest BCUT2D eigenvalue weighted by atomic mass is 16.5. The lowest BCUT2D eigenvalue weighted by atomic mass is 10.1. The van der Waals surface area contributed by atoms with Gasteiger partial charge in [-0.3, -0.25) is 4.79 Å². The van der Waals surface area contributed by atoms with Crippen molar-refractivity contribution < 1.29 is 14.3 Å². The Hall–Kier alpha value is -1.55. The van der Waals surface area contributed by atoms with E-state index in [4.69, 9.17) is 9.47 Å². The van der Waals surface area contributed by atoms with Crippen molar-refractivity contribution in [3.63, 3.8) is 0 Å². The largest absolute Gasteiger partial charge is 0.484 e. The first-order valence-electron chi connectivity index (χ1n) is 7.88. The molecule has 0 unspecified atom stereocenters. The summed E-state index contributed by atoms with van der Waals surface area (Å²) in [4.78, 5) is 11.9. The Morgan fingerprint density at radius 1 is 1.38 bits per heavy atom. The average molecular weight is 289 g/mol. The number of aryl methyl sites for hydroxylation is 2. The van der Waals surface area contributed by atoms with Crippen LogP contribution in [-0.2, 0) is 22.4 Å². The fourth-order valence-electron chi connectivity index (χ4n) is 3.17. The van der Waals surface area contributed by atoms with E-state index in [0.717, 1.165) is 38.0 Å². The van der Waals surface area contributed by atoms with Crippen LogP contribution in [0.1, 0.15) is 37.3 Å². The van der Waals surface area contributed by atoms with Crippen LogP contribution in [0.3, 0.4) is 0 Å². The highest BCUT2D eigenvalue weighted by Crippen LogP contribution is 2.25. The van der Waals surface area contributed by atoms with Gasteiger partial charge in [0.1, 0.15) is 5.75 Å². The predicted octanol–water partition coefficient (Wildman–Crippen LogP) is 2.24. The summed E-state index contributed by atoms with van der Waals surface area (Å²) >= 11 is 0. The van der Waals surface area contributed by atoms with E-state index >= 15 is 0 Å². The van der Waals surface area contributed by atoms with Crippen molar-refractivity contribution in [3.8, 4) is 5.75 Å². The third-order valence-corrected chi connectivity index (χ3v) is 4.35. The van der Waals surface area contributed by atoms with E-state index in [0.29, 0.717) is 0 Å². The molecule has 21 heavy (non-hydrogen) atoms. The topological polar surface area (TPSA) is 47.6 Å². The van der Waals surface area contributed by atoms with Crippen molar-refractivity contribution in [2.24, 2.45) is 0 Å². The number of amides is 1. The summed E-state index contributed by atoms with van der Waals surface area (Å²) in [6, 6.07) is 6.19. The van der Waals surface area contributed by atoms with Crippen LogP contribution in [0.15, 0.2) is 18.2 Å². The molecule has 2 atom stereocenters. The molecule has 3 rings (SSSR count). The van der Waals surface area contributed by atoms with E-state index in [1.807, 2.05) is 13.0 Å². The normalized spacial score (nSPS) is 21.9. The lowest BCUT2D eigenvalue weighted by Gasteiger charge is -2.20. The fourth-order valence-corrected chi connectivity index (χ4v) is 3.17. The first kappa shape index (κ1) is 14.4. The zero-order valence-corrected chi connectivity index (χ0v) is 12.6. The molecule has 0 spiro atoms. The van der Waals surface area contributed by atoms with E-state index < -0.39 is 0 Å². The summed E-state index contributed by atoms with van der Waals surface area (Å²) in [5.41, 5.74) is 2.78. The molecule has 2 aliphatic rings. The van der Waals surface area contributed by atoms with Gasteiger partial charge < -0.3 is 14.8 Å². The summed E-state index contributed by atoms with van der Waals surface area (Å²) in [5.74, 6) is 0.703. The molecule has 114 valence electrons. The van der Waals surface area contributed by atoms with Gasteiger partial charge in [0, 0.05) is 6.61 Å². The molecule has 0 saturated carbocycles. The molecule has 0 bridgehead atoms. The maximum absolute atomic E-state index is 11.9. The minimum Gasteiger partial charge on any atom is -0.484 e. The van der Waals surface area contributed by atoms with E-state index in [2.05, 4.69) is 17.4 Å². The van der Waals surface area contributed by atoms with Crippen LogP contribution in [0.4, 0.5) is 0 Å². The number of nitrogens with one attached hydrogen (secondary N) is 1. The number of rotatable bonds is 5. The highest BCUT2D eigenvalue weighted by molar-refractivity contribution is 5.77. The van der Waals surface area contributed by atoms with Gasteiger partial charge >= 0.3 is 0 Å². The summed E-state index contributed by atoms with van der Waals surface area (Å²) in [6.07, 6.45) is 5.75. The number of hydrogen-bond acceptors (Lipinski definition) is 3. The molecule has 1 saturated heterocycles. The second kappa shape index (κ2) is 6.48. The second-order valence-corrected chi connectivity index (χ2v) is 5.98. The van der Waals surface area contributed by atoms with Gasteiger partial charge in [-0.25, -0.2) is 0 Å². The van der Waals surface area contributed by atoms with Crippen molar-refractivity contribution in [3.05, 3.63) is 29.3 Å². The van der Waals surface area contributed by atoms with Gasteiger partial charge in [0.25, 0.3) is 5.91 Å². The Balaban J connectivity index is 1.47. The first-order valence-corrected chi connectivity index (χ1v) is 7.88. The lowest BCUT2D eigenvalue weighted by Crippen LogP contribution is -2.42. The van der Waals surface area contributed by atoms with Crippen molar-refractivity contribution in [1.29, 1.82) is 0 Å². The Bertz CT molecular complexity index is 509. The van der Waals surface area contributed by atoms with Gasteiger partial charge in [0.15, 0.2) is 6.61 Å². The molecule has 1 amide bonds. The summed E-state index contributed by atoms with van der Waals surface area (Å²) < 4.78 is 11.2. The summed E-state index contributed by atoms with van der Waals surface area (Å²) in [5, 5.41) is 2.96. The Morgan fingerprint density at radius 3 is 3.05 bits per heavy atom. The number of carbonyl (C=O) groups excluding carboxylic acids is 1. The molecule has 1 aliphatic carbocycles. The Morgan fingerprint density at radius 2 is 2.24 bits per heavy atom. The molecule has 0 radical (unpaired) electrons. The minimum absolute atomic E-state index is 0.0450. The van der Waals surface area contributed by atoms with Crippen LogP contribution in [-0.4, -0.2) is 31.3 Å². The van der Waals surface area contributed by atoms with Crippen molar-refractivity contribution >= 4 is 5.91 Å². The maximum Gasteiger partial charge on any atom is 0.258 e. The number of benzene rings is 1. The highest BCUT2D eigenvalue weighted by Gasteiger charge is 2.23. The summed E-state index contributed by atoms with van der Waals surface area (Å²) in [7, 11) is 0. The Kier molecular flexibility index (Phi) is 4.44. The molecular weight excluding hydrogens is 266 g/mol. The van der Waals surface area contributed by atoms with Crippen LogP contribution >= 0.6 is 0 Å². The molecule has 0 aromatic heterocycles. The number of ether oxygens (including phenoxy) is 2. The average Bonchev–Trinajstić information content (AvgIpc) is 3.15. The van der Waals surface area contributed by atoms with Crippen LogP contribution in [0.5, 0.6) is 5.75 Å². The smallest absolute Gasteiger partial charge is 0.258 e. The third kappa shape index (κ3) is 3.56. The van der Waals surface area contributed by atoms with E-state index in [1.165, 1.54) is 17.5 Å². The third-order valence-electron chi connectivity index (χ3n) is 4.35. The first-order chi connectivity index (χ1) is 10.2. The molecular formula is C17H23NO3. The van der Waals surface area contributed by atoms with Gasteiger partial charge in [-0.1, -0.05) is 6.07 Å². The molecule has 1 aromatic carbocycles. The van der Waals surface area contributed by atoms with Gasteiger partial charge in [0.05, 0.1) is 12.1 Å². The Labute approximate surface area is 125 Å². The van der Waals surface area contributed by atoms with Crippen molar-refractivity contribution in [2.75, 3.05) is 13.2 Å². The van der Waals surface area contributed by atoms with E-state index in [9.17, 15) is 4.79 Å². The minimum atomic E-state index is -0.0847. The fraction of sp³-hybridized carbons (Fsp3) is 0.588. The zero-order valence-electron chi connectivity index (χ0n) is 12.6. The quantitative estimate of drug-likeness (QED) is 0.904. The number of fused-ring (bicyclic) bond motifs is 1. The summed E-state index contributed by atoms with van der Waals surface area (Å²) in [6.45, 7) is 2.86. The molecule has 1 aliphatic heterocycles. The van der Waals surface area contributed by atoms with Crippen LogP contribution in [0.2, 0.25) is 0 Å². The standard InChI is InChI=1S/C17H23NO3/c1-12(16-6-3-9-20-16)18-17(19)11-21-15-8-7-13-4-2-5-14(13)10-15/h7-8,10,12,16H,2-6,9,11H2,1H3,(H,18,19)/t12-,16-/m1/s1. The maximum atomic E-state index is 11.9. The monoisotopic (exact) mass is 289 g/mol.